The summed E-state index contributed by atoms with van der Waals surface area (Å²) < 4.78 is 15.9. The third-order valence-electron chi connectivity index (χ3n) is 2.95. The molecule has 1 atom stereocenters. The Morgan fingerprint density at radius 3 is 2.40 bits per heavy atom. The molecule has 1 N–H and O–H groups in total. The van der Waals surface area contributed by atoms with Gasteiger partial charge in [-0.05, 0) is 37.6 Å². The second kappa shape index (κ2) is 10.7. The summed E-state index contributed by atoms with van der Waals surface area (Å²) in [7, 11) is 1.66. The Balaban J connectivity index is 2.21. The number of nitrogens with one attached hydrogen (secondary N) is 1. The summed E-state index contributed by atoms with van der Waals surface area (Å²) in [4.78, 5) is 0. The fourth-order valence-electron chi connectivity index (χ4n) is 1.96. The van der Waals surface area contributed by atoms with Crippen LogP contribution in [0.25, 0.3) is 0 Å². The zero-order chi connectivity index (χ0) is 14.6. The Morgan fingerprint density at radius 1 is 1.05 bits per heavy atom. The monoisotopic (exact) mass is 281 g/mol. The van der Waals surface area contributed by atoms with Crippen LogP contribution in [0.3, 0.4) is 0 Å². The van der Waals surface area contributed by atoms with Crippen LogP contribution >= 0.6 is 0 Å². The minimum atomic E-state index is 0.501. The normalized spacial score (nSPS) is 12.3. The summed E-state index contributed by atoms with van der Waals surface area (Å²) in [6, 6.07) is 8.77. The van der Waals surface area contributed by atoms with Crippen LogP contribution in [0.15, 0.2) is 24.3 Å². The molecule has 0 amide bonds. The maximum absolute atomic E-state index is 5.61. The standard InChI is InChI=1S/C16H27NO3/c1-4-17-14(2)13-15-5-7-16(8-6-15)20-12-11-19-10-9-18-3/h5-8,14,17H,4,9-13H2,1-3H3. The molecule has 0 spiro atoms. The predicted molar refractivity (Wildman–Crippen MR) is 81.5 cm³/mol. The first kappa shape index (κ1) is 17.0. The fourth-order valence-corrected chi connectivity index (χ4v) is 1.96. The molecule has 0 aromatic heterocycles. The molecule has 1 aromatic rings. The lowest BCUT2D eigenvalue weighted by Gasteiger charge is -2.12. The van der Waals surface area contributed by atoms with Gasteiger partial charge in [-0.1, -0.05) is 19.1 Å². The smallest absolute Gasteiger partial charge is 0.119 e. The number of likely N-dealkylation sites (N-methyl/N-ethyl adjacent to an activating group) is 1. The number of rotatable bonds is 11. The summed E-state index contributed by atoms with van der Waals surface area (Å²) >= 11 is 0. The zero-order valence-electron chi connectivity index (χ0n) is 12.9. The summed E-state index contributed by atoms with van der Waals surface area (Å²) in [5, 5.41) is 3.41. The van der Waals surface area contributed by atoms with E-state index in [1.807, 2.05) is 12.1 Å². The highest BCUT2D eigenvalue weighted by Gasteiger charge is 2.02. The molecule has 4 heteroatoms. The SMILES string of the molecule is CCNC(C)Cc1ccc(OCCOCCOC)cc1. The van der Waals surface area contributed by atoms with E-state index >= 15 is 0 Å². The van der Waals surface area contributed by atoms with Gasteiger partial charge in [-0.2, -0.15) is 0 Å². The van der Waals surface area contributed by atoms with Gasteiger partial charge in [0.1, 0.15) is 12.4 Å². The molecule has 0 aliphatic carbocycles. The van der Waals surface area contributed by atoms with Crippen molar-refractivity contribution in [3.63, 3.8) is 0 Å². The molecule has 1 rings (SSSR count). The second-order valence-electron chi connectivity index (χ2n) is 4.76. The Hall–Kier alpha value is -1.10. The molecule has 0 fully saturated rings. The van der Waals surface area contributed by atoms with Gasteiger partial charge in [0, 0.05) is 13.2 Å². The van der Waals surface area contributed by atoms with Crippen molar-refractivity contribution in [3.8, 4) is 5.75 Å². The van der Waals surface area contributed by atoms with Crippen LogP contribution in [-0.2, 0) is 15.9 Å². The molecule has 20 heavy (non-hydrogen) atoms. The van der Waals surface area contributed by atoms with E-state index in [1.54, 1.807) is 7.11 Å². The summed E-state index contributed by atoms with van der Waals surface area (Å²) in [6.07, 6.45) is 1.04. The minimum absolute atomic E-state index is 0.501. The van der Waals surface area contributed by atoms with Gasteiger partial charge < -0.3 is 19.5 Å². The summed E-state index contributed by atoms with van der Waals surface area (Å²) in [5.74, 6) is 0.889. The van der Waals surface area contributed by atoms with E-state index in [-0.39, 0.29) is 0 Å². The molecule has 0 aliphatic heterocycles. The maximum Gasteiger partial charge on any atom is 0.119 e. The molecule has 1 unspecified atom stereocenters. The highest BCUT2D eigenvalue weighted by molar-refractivity contribution is 5.27. The molecule has 1 aromatic carbocycles. The summed E-state index contributed by atoms with van der Waals surface area (Å²) in [5.41, 5.74) is 1.32. The summed E-state index contributed by atoms with van der Waals surface area (Å²) in [6.45, 7) is 7.72. The maximum atomic E-state index is 5.61. The van der Waals surface area contributed by atoms with E-state index in [2.05, 4.69) is 31.3 Å². The van der Waals surface area contributed by atoms with E-state index in [9.17, 15) is 0 Å². The highest BCUT2D eigenvalue weighted by Crippen LogP contribution is 2.13. The van der Waals surface area contributed by atoms with E-state index in [1.165, 1.54) is 5.56 Å². The molecule has 0 heterocycles. The molecule has 0 saturated carbocycles. The van der Waals surface area contributed by atoms with Crippen molar-refractivity contribution in [3.05, 3.63) is 29.8 Å². The molecule has 4 nitrogen and oxygen atoms in total. The first-order chi connectivity index (χ1) is 9.76. The van der Waals surface area contributed by atoms with Crippen LogP contribution in [0, 0.1) is 0 Å². The lowest BCUT2D eigenvalue weighted by molar-refractivity contribution is 0.0544. The Labute approximate surface area is 122 Å². The van der Waals surface area contributed by atoms with Crippen molar-refractivity contribution >= 4 is 0 Å². The van der Waals surface area contributed by atoms with Crippen LogP contribution in [0.4, 0.5) is 0 Å². The van der Waals surface area contributed by atoms with Gasteiger partial charge in [0.05, 0.1) is 19.8 Å². The predicted octanol–water partition coefficient (Wildman–Crippen LogP) is 2.27. The van der Waals surface area contributed by atoms with Gasteiger partial charge in [-0.25, -0.2) is 0 Å². The number of hydrogen-bond donors (Lipinski definition) is 1. The molecule has 0 radical (unpaired) electrons. The molecule has 114 valence electrons. The van der Waals surface area contributed by atoms with Crippen molar-refractivity contribution in [2.24, 2.45) is 0 Å². The number of methoxy groups -OCH3 is 1. The first-order valence-corrected chi connectivity index (χ1v) is 7.28. The van der Waals surface area contributed by atoms with E-state index in [0.717, 1.165) is 18.7 Å². The van der Waals surface area contributed by atoms with Crippen molar-refractivity contribution in [2.75, 3.05) is 40.1 Å². The van der Waals surface area contributed by atoms with Gasteiger partial charge in [0.15, 0.2) is 0 Å². The van der Waals surface area contributed by atoms with Crippen molar-refractivity contribution in [2.45, 2.75) is 26.3 Å². The number of ether oxygens (including phenoxy) is 3. The van der Waals surface area contributed by atoms with E-state index in [4.69, 9.17) is 14.2 Å². The minimum Gasteiger partial charge on any atom is -0.491 e. The Kier molecular flexibility index (Phi) is 9.04. The molecular formula is C16H27NO3. The third-order valence-corrected chi connectivity index (χ3v) is 2.95. The molecular weight excluding hydrogens is 254 g/mol. The lowest BCUT2D eigenvalue weighted by Crippen LogP contribution is -2.27. The zero-order valence-corrected chi connectivity index (χ0v) is 12.9. The van der Waals surface area contributed by atoms with E-state index in [0.29, 0.717) is 32.5 Å². The Bertz CT molecular complexity index is 340. The van der Waals surface area contributed by atoms with Gasteiger partial charge in [-0.15, -0.1) is 0 Å². The molecule has 0 aliphatic rings. The number of benzene rings is 1. The highest BCUT2D eigenvalue weighted by atomic mass is 16.5. The van der Waals surface area contributed by atoms with Crippen LogP contribution in [-0.4, -0.2) is 46.1 Å². The van der Waals surface area contributed by atoms with Gasteiger partial charge in [-0.3, -0.25) is 0 Å². The average molecular weight is 281 g/mol. The van der Waals surface area contributed by atoms with Gasteiger partial charge in [0.25, 0.3) is 0 Å². The quantitative estimate of drug-likeness (QED) is 0.632. The molecule has 0 saturated heterocycles. The third kappa shape index (κ3) is 7.48. The Morgan fingerprint density at radius 2 is 1.75 bits per heavy atom. The second-order valence-corrected chi connectivity index (χ2v) is 4.76. The van der Waals surface area contributed by atoms with Crippen LogP contribution in [0.2, 0.25) is 0 Å². The first-order valence-electron chi connectivity index (χ1n) is 7.28. The topological polar surface area (TPSA) is 39.7 Å². The fraction of sp³-hybridized carbons (Fsp3) is 0.625. The lowest BCUT2D eigenvalue weighted by atomic mass is 10.1. The van der Waals surface area contributed by atoms with Crippen LogP contribution < -0.4 is 10.1 Å². The number of hydrogen-bond acceptors (Lipinski definition) is 4. The van der Waals surface area contributed by atoms with Crippen LogP contribution in [0.5, 0.6) is 5.75 Å². The average Bonchev–Trinajstić information content (AvgIpc) is 2.45. The van der Waals surface area contributed by atoms with Crippen molar-refractivity contribution in [1.82, 2.24) is 5.32 Å². The molecule has 0 bridgehead atoms. The van der Waals surface area contributed by atoms with Crippen molar-refractivity contribution < 1.29 is 14.2 Å². The van der Waals surface area contributed by atoms with Crippen LogP contribution in [0.1, 0.15) is 19.4 Å². The van der Waals surface area contributed by atoms with Gasteiger partial charge in [0.2, 0.25) is 0 Å². The van der Waals surface area contributed by atoms with E-state index < -0.39 is 0 Å². The van der Waals surface area contributed by atoms with Crippen molar-refractivity contribution in [1.29, 1.82) is 0 Å². The largest absolute Gasteiger partial charge is 0.491 e. The van der Waals surface area contributed by atoms with Gasteiger partial charge >= 0.3 is 0 Å².